The number of hydrogen-bond acceptors (Lipinski definition) is 5. The van der Waals surface area contributed by atoms with Gasteiger partial charge in [0.05, 0.1) is 7.11 Å². The first-order valence-electron chi connectivity index (χ1n) is 7.44. The largest absolute Gasteiger partial charge is 0.497 e. The lowest BCUT2D eigenvalue weighted by Crippen LogP contribution is -2.17. The number of amides is 1. The van der Waals surface area contributed by atoms with E-state index in [0.29, 0.717) is 35.6 Å². The Hall–Kier alpha value is -2.76. The van der Waals surface area contributed by atoms with Gasteiger partial charge in [-0.2, -0.15) is 0 Å². The van der Waals surface area contributed by atoms with Crippen molar-refractivity contribution in [3.63, 3.8) is 0 Å². The van der Waals surface area contributed by atoms with Crippen molar-refractivity contribution in [2.45, 2.75) is 25.7 Å². The number of nitrogens with one attached hydrogen (secondary N) is 1. The Bertz CT molecular complexity index is 717. The summed E-state index contributed by atoms with van der Waals surface area (Å²) in [6.45, 7) is 0. The molecule has 1 aliphatic rings. The van der Waals surface area contributed by atoms with Crippen LogP contribution in [-0.2, 0) is 6.42 Å². The minimum absolute atomic E-state index is 0.0431. The van der Waals surface area contributed by atoms with Gasteiger partial charge in [-0.15, -0.1) is 0 Å². The van der Waals surface area contributed by atoms with Crippen molar-refractivity contribution >= 4 is 17.6 Å². The number of rotatable bonds is 3. The van der Waals surface area contributed by atoms with Crippen LogP contribution in [0.3, 0.4) is 0 Å². The predicted octanol–water partition coefficient (Wildman–Crippen LogP) is 3.81. The van der Waals surface area contributed by atoms with Crippen LogP contribution < -0.4 is 14.8 Å². The van der Waals surface area contributed by atoms with Crippen molar-refractivity contribution in [1.82, 2.24) is 0 Å². The molecule has 1 aromatic heterocycles. The Morgan fingerprint density at radius 3 is 2.65 bits per heavy atom. The molecule has 3 rings (SSSR count). The summed E-state index contributed by atoms with van der Waals surface area (Å²) >= 11 is 0. The molecule has 0 saturated carbocycles. The van der Waals surface area contributed by atoms with E-state index in [4.69, 9.17) is 13.9 Å². The van der Waals surface area contributed by atoms with Crippen LogP contribution in [0.4, 0.5) is 10.5 Å². The Morgan fingerprint density at radius 1 is 1.17 bits per heavy atom. The Morgan fingerprint density at radius 2 is 1.91 bits per heavy atom. The number of fused-ring (bicyclic) bond motifs is 1. The van der Waals surface area contributed by atoms with Crippen molar-refractivity contribution in [2.75, 3.05) is 12.4 Å². The van der Waals surface area contributed by atoms with Gasteiger partial charge in [0.2, 0.25) is 0 Å². The highest BCUT2D eigenvalue weighted by atomic mass is 16.6. The lowest BCUT2D eigenvalue weighted by atomic mass is 10.1. The van der Waals surface area contributed by atoms with Crippen LogP contribution >= 0.6 is 0 Å². The number of carbonyl (C=O) groups excluding carboxylic acids is 2. The highest BCUT2D eigenvalue weighted by molar-refractivity contribution is 6.01. The topological polar surface area (TPSA) is 77.8 Å². The quantitative estimate of drug-likeness (QED) is 0.871. The molecular weight excluding hydrogens is 298 g/mol. The maximum absolute atomic E-state index is 12.1. The summed E-state index contributed by atoms with van der Waals surface area (Å²) in [5, 5.41) is 2.60. The fourth-order valence-electron chi connectivity index (χ4n) is 2.55. The third kappa shape index (κ3) is 3.36. The first kappa shape index (κ1) is 15.1. The summed E-state index contributed by atoms with van der Waals surface area (Å²) in [6, 6.07) is 6.84. The number of Topliss-reactive ketones (excluding diaryl/α,β-unsaturated/α-hetero) is 1. The molecule has 23 heavy (non-hydrogen) atoms. The third-order valence-corrected chi connectivity index (χ3v) is 3.71. The lowest BCUT2D eigenvalue weighted by molar-refractivity contribution is 0.0979. The second-order valence-corrected chi connectivity index (χ2v) is 5.27. The van der Waals surface area contributed by atoms with Crippen LogP contribution in [0.2, 0.25) is 0 Å². The summed E-state index contributed by atoms with van der Waals surface area (Å²) in [7, 11) is 1.57. The molecule has 1 amide bonds. The smallest absolute Gasteiger partial charge is 0.417 e. The second kappa shape index (κ2) is 6.56. The van der Waals surface area contributed by atoms with Gasteiger partial charge in [-0.1, -0.05) is 0 Å². The molecule has 0 bridgehead atoms. The van der Waals surface area contributed by atoms with Crippen molar-refractivity contribution in [3.8, 4) is 11.5 Å². The second-order valence-electron chi connectivity index (χ2n) is 5.27. The van der Waals surface area contributed by atoms with Crippen LogP contribution in [0.1, 0.15) is 35.4 Å². The van der Waals surface area contributed by atoms with Gasteiger partial charge in [-0.25, -0.2) is 4.79 Å². The van der Waals surface area contributed by atoms with E-state index in [-0.39, 0.29) is 11.5 Å². The zero-order valence-electron chi connectivity index (χ0n) is 12.8. The van der Waals surface area contributed by atoms with E-state index in [1.807, 2.05) is 0 Å². The molecule has 2 aromatic rings. The minimum Gasteiger partial charge on any atom is -0.497 e. The Labute approximate surface area is 133 Å². The average Bonchev–Trinajstić information content (AvgIpc) is 2.84. The van der Waals surface area contributed by atoms with Gasteiger partial charge in [0.15, 0.2) is 11.5 Å². The number of hydrogen-bond donors (Lipinski definition) is 1. The van der Waals surface area contributed by atoms with E-state index >= 15 is 0 Å². The normalized spacial score (nSPS) is 13.9. The van der Waals surface area contributed by atoms with E-state index in [0.717, 1.165) is 12.8 Å². The number of carbonyl (C=O) groups is 2. The highest BCUT2D eigenvalue weighted by Gasteiger charge is 2.25. The molecule has 1 N–H and O–H groups in total. The maximum Gasteiger partial charge on any atom is 0.417 e. The minimum atomic E-state index is -0.671. The van der Waals surface area contributed by atoms with Crippen molar-refractivity contribution in [3.05, 3.63) is 41.9 Å². The molecule has 0 atom stereocenters. The molecule has 0 saturated heterocycles. The van der Waals surface area contributed by atoms with E-state index in [2.05, 4.69) is 5.32 Å². The lowest BCUT2D eigenvalue weighted by Gasteiger charge is -2.07. The van der Waals surface area contributed by atoms with E-state index < -0.39 is 6.09 Å². The van der Waals surface area contributed by atoms with E-state index in [1.54, 1.807) is 31.4 Å². The molecule has 0 aliphatic heterocycles. The van der Waals surface area contributed by atoms with Gasteiger partial charge in [-0.05, 0) is 37.1 Å². The Kier molecular flexibility index (Phi) is 4.32. The van der Waals surface area contributed by atoms with Gasteiger partial charge < -0.3 is 13.9 Å². The van der Waals surface area contributed by atoms with Gasteiger partial charge in [0, 0.05) is 18.5 Å². The van der Waals surface area contributed by atoms with Gasteiger partial charge in [-0.3, -0.25) is 10.1 Å². The summed E-state index contributed by atoms with van der Waals surface area (Å²) < 4.78 is 15.7. The third-order valence-electron chi connectivity index (χ3n) is 3.71. The summed E-state index contributed by atoms with van der Waals surface area (Å²) in [5.74, 6) is 1.42. The fourth-order valence-corrected chi connectivity index (χ4v) is 2.55. The summed E-state index contributed by atoms with van der Waals surface area (Å²) in [4.78, 5) is 24.1. The Balaban J connectivity index is 1.70. The van der Waals surface area contributed by atoms with E-state index in [9.17, 15) is 9.59 Å². The summed E-state index contributed by atoms with van der Waals surface area (Å²) in [6.07, 6.45) is 3.50. The van der Waals surface area contributed by atoms with Crippen molar-refractivity contribution in [2.24, 2.45) is 0 Å². The summed E-state index contributed by atoms with van der Waals surface area (Å²) in [5.41, 5.74) is 0.962. The maximum atomic E-state index is 12.1. The van der Waals surface area contributed by atoms with Gasteiger partial charge in [0.1, 0.15) is 23.3 Å². The fraction of sp³-hybridized carbons (Fsp3) is 0.294. The van der Waals surface area contributed by atoms with Crippen LogP contribution in [-0.4, -0.2) is 19.0 Å². The first-order chi connectivity index (χ1) is 11.2. The highest BCUT2D eigenvalue weighted by Crippen LogP contribution is 2.31. The number of benzene rings is 1. The number of anilines is 1. The number of ether oxygens (including phenoxy) is 2. The molecule has 120 valence electrons. The molecule has 6 nitrogen and oxygen atoms in total. The molecule has 6 heteroatoms. The monoisotopic (exact) mass is 315 g/mol. The number of methoxy groups -OCH3 is 1. The van der Waals surface area contributed by atoms with E-state index in [1.165, 1.54) is 6.26 Å². The zero-order chi connectivity index (χ0) is 16.2. The molecule has 0 fully saturated rings. The van der Waals surface area contributed by atoms with Crippen LogP contribution in [0, 0.1) is 0 Å². The molecule has 0 radical (unpaired) electrons. The van der Waals surface area contributed by atoms with Crippen molar-refractivity contribution in [1.29, 1.82) is 0 Å². The van der Waals surface area contributed by atoms with Crippen molar-refractivity contribution < 1.29 is 23.5 Å². The standard InChI is InChI=1S/C17H17NO5/c1-21-12-8-6-11(7-9-12)18-17(20)23-15-10-22-14-5-3-2-4-13(19)16(14)15/h6-10H,2-5H2,1H3,(H,18,20). The molecule has 1 heterocycles. The van der Waals surface area contributed by atoms with Gasteiger partial charge in [0.25, 0.3) is 0 Å². The molecule has 1 aromatic carbocycles. The molecular formula is C17H17NO5. The molecule has 0 spiro atoms. The number of aryl methyl sites for hydroxylation is 1. The molecule has 0 unspecified atom stereocenters. The van der Waals surface area contributed by atoms with Gasteiger partial charge >= 0.3 is 6.09 Å². The van der Waals surface area contributed by atoms with Crippen LogP contribution in [0.5, 0.6) is 11.5 Å². The SMILES string of the molecule is COc1ccc(NC(=O)Oc2coc3c2C(=O)CCCC3)cc1. The predicted molar refractivity (Wildman–Crippen MR) is 83.2 cm³/mol. The zero-order valence-corrected chi connectivity index (χ0v) is 12.8. The van der Waals surface area contributed by atoms with Crippen LogP contribution in [0.15, 0.2) is 34.9 Å². The number of furan rings is 1. The van der Waals surface area contributed by atoms with Crippen LogP contribution in [0.25, 0.3) is 0 Å². The number of ketones is 1. The first-order valence-corrected chi connectivity index (χ1v) is 7.44. The average molecular weight is 315 g/mol. The molecule has 1 aliphatic carbocycles.